The molecule has 0 saturated heterocycles. The van der Waals surface area contributed by atoms with Crippen molar-refractivity contribution in [2.45, 2.75) is 32.2 Å². The van der Waals surface area contributed by atoms with Crippen molar-refractivity contribution in [1.82, 2.24) is 10.6 Å². The summed E-state index contributed by atoms with van der Waals surface area (Å²) in [5.74, 6) is -0.802. The van der Waals surface area contributed by atoms with Gasteiger partial charge in [-0.3, -0.25) is 19.7 Å². The molecule has 0 saturated carbocycles. The number of carbonyl (C=O) groups excluding carboxylic acids is 2. The number of nitrogens with one attached hydrogen (secondary N) is 2. The Bertz CT molecular complexity index is 895. The fraction of sp³-hybridized carbons (Fsp3) is 0.300. The Labute approximate surface area is 156 Å². The van der Waals surface area contributed by atoms with E-state index in [-0.39, 0.29) is 29.7 Å². The van der Waals surface area contributed by atoms with Crippen LogP contribution >= 0.6 is 0 Å². The quantitative estimate of drug-likeness (QED) is 0.627. The fourth-order valence-corrected chi connectivity index (χ4v) is 3.36. The summed E-state index contributed by atoms with van der Waals surface area (Å²) in [4.78, 5) is 34.9. The Morgan fingerprint density at radius 3 is 2.78 bits per heavy atom. The van der Waals surface area contributed by atoms with E-state index in [9.17, 15) is 19.7 Å². The van der Waals surface area contributed by atoms with Crippen LogP contribution in [0.2, 0.25) is 0 Å². The van der Waals surface area contributed by atoms with Gasteiger partial charge in [0, 0.05) is 17.2 Å². The Balaban J connectivity index is 1.59. The minimum Gasteiger partial charge on any atom is -0.348 e. The number of amides is 2. The molecule has 0 aliphatic heterocycles. The smallest absolute Gasteiger partial charge is 0.273 e. The highest BCUT2D eigenvalue weighted by molar-refractivity contribution is 5.97. The highest BCUT2D eigenvalue weighted by Crippen LogP contribution is 2.29. The summed E-state index contributed by atoms with van der Waals surface area (Å²) in [7, 11) is 0. The van der Waals surface area contributed by atoms with Gasteiger partial charge >= 0.3 is 0 Å². The van der Waals surface area contributed by atoms with Crippen molar-refractivity contribution in [2.24, 2.45) is 0 Å². The SMILES string of the molecule is Cc1ccc(C(=O)NCC(=O)N[C@@H]2CCCc3ccccc32)cc1[N+](=O)[O-]. The molecular formula is C20H21N3O4. The van der Waals surface area contributed by atoms with Crippen molar-refractivity contribution in [3.63, 3.8) is 0 Å². The molecule has 7 heteroatoms. The molecule has 0 heterocycles. The average molecular weight is 367 g/mol. The van der Waals surface area contributed by atoms with Crippen LogP contribution in [-0.2, 0) is 11.2 Å². The number of nitro groups is 1. The van der Waals surface area contributed by atoms with E-state index in [2.05, 4.69) is 16.7 Å². The number of hydrogen-bond donors (Lipinski definition) is 2. The number of rotatable bonds is 5. The average Bonchev–Trinajstić information content (AvgIpc) is 2.66. The monoisotopic (exact) mass is 367 g/mol. The highest BCUT2D eigenvalue weighted by Gasteiger charge is 2.22. The predicted molar refractivity (Wildman–Crippen MR) is 100 cm³/mol. The second kappa shape index (κ2) is 7.99. The maximum absolute atomic E-state index is 12.3. The fourth-order valence-electron chi connectivity index (χ4n) is 3.36. The lowest BCUT2D eigenvalue weighted by atomic mass is 9.88. The van der Waals surface area contributed by atoms with E-state index in [1.807, 2.05) is 18.2 Å². The van der Waals surface area contributed by atoms with Crippen LogP contribution in [0.3, 0.4) is 0 Å². The van der Waals surface area contributed by atoms with E-state index < -0.39 is 10.8 Å². The van der Waals surface area contributed by atoms with Gasteiger partial charge < -0.3 is 10.6 Å². The van der Waals surface area contributed by atoms with Crippen molar-refractivity contribution in [3.05, 3.63) is 74.8 Å². The van der Waals surface area contributed by atoms with Crippen LogP contribution in [-0.4, -0.2) is 23.3 Å². The largest absolute Gasteiger partial charge is 0.348 e. The highest BCUT2D eigenvalue weighted by atomic mass is 16.6. The molecule has 2 aromatic carbocycles. The van der Waals surface area contributed by atoms with Crippen LogP contribution < -0.4 is 10.6 Å². The zero-order valence-corrected chi connectivity index (χ0v) is 15.0. The first-order valence-corrected chi connectivity index (χ1v) is 8.86. The van der Waals surface area contributed by atoms with E-state index in [1.54, 1.807) is 6.92 Å². The summed E-state index contributed by atoms with van der Waals surface area (Å²) in [6.45, 7) is 1.43. The van der Waals surface area contributed by atoms with Gasteiger partial charge in [0.15, 0.2) is 0 Å². The molecule has 0 unspecified atom stereocenters. The van der Waals surface area contributed by atoms with Gasteiger partial charge in [-0.25, -0.2) is 0 Å². The zero-order valence-electron chi connectivity index (χ0n) is 15.0. The van der Waals surface area contributed by atoms with Crippen molar-refractivity contribution in [1.29, 1.82) is 0 Å². The van der Waals surface area contributed by atoms with Gasteiger partial charge in [0.05, 0.1) is 17.5 Å². The second-order valence-electron chi connectivity index (χ2n) is 6.65. The van der Waals surface area contributed by atoms with E-state index in [0.29, 0.717) is 5.56 Å². The minimum atomic E-state index is -0.528. The van der Waals surface area contributed by atoms with Crippen molar-refractivity contribution in [2.75, 3.05) is 6.54 Å². The maximum atomic E-state index is 12.3. The summed E-state index contributed by atoms with van der Waals surface area (Å²) in [5, 5.41) is 16.5. The van der Waals surface area contributed by atoms with E-state index in [1.165, 1.54) is 23.8 Å². The number of benzene rings is 2. The zero-order chi connectivity index (χ0) is 19.4. The molecule has 27 heavy (non-hydrogen) atoms. The molecule has 0 aromatic heterocycles. The molecule has 7 nitrogen and oxygen atoms in total. The van der Waals surface area contributed by atoms with Gasteiger partial charge in [-0.2, -0.15) is 0 Å². The number of hydrogen-bond acceptors (Lipinski definition) is 4. The van der Waals surface area contributed by atoms with Crippen LogP contribution in [0.25, 0.3) is 0 Å². The molecule has 3 rings (SSSR count). The molecular weight excluding hydrogens is 346 g/mol. The Morgan fingerprint density at radius 1 is 1.22 bits per heavy atom. The standard InChI is InChI=1S/C20H21N3O4/c1-13-9-10-15(11-18(13)23(26)27)20(25)21-12-19(24)22-17-8-4-6-14-5-2-3-7-16(14)17/h2-3,5,7,9-11,17H,4,6,8,12H2,1H3,(H,21,25)(H,22,24)/t17-/m1/s1. The van der Waals surface area contributed by atoms with Crippen LogP contribution in [0.4, 0.5) is 5.69 Å². The van der Waals surface area contributed by atoms with Crippen molar-refractivity contribution in [3.8, 4) is 0 Å². The first kappa shape index (κ1) is 18.6. The summed E-state index contributed by atoms with van der Waals surface area (Å²) >= 11 is 0. The van der Waals surface area contributed by atoms with E-state index in [0.717, 1.165) is 24.8 Å². The van der Waals surface area contributed by atoms with Crippen LogP contribution in [0, 0.1) is 17.0 Å². The first-order valence-electron chi connectivity index (χ1n) is 8.86. The molecule has 1 aliphatic rings. The predicted octanol–water partition coefficient (Wildman–Crippen LogP) is 2.83. The van der Waals surface area contributed by atoms with Crippen molar-refractivity contribution < 1.29 is 14.5 Å². The third-order valence-corrected chi connectivity index (χ3v) is 4.78. The lowest BCUT2D eigenvalue weighted by Crippen LogP contribution is -2.39. The Morgan fingerprint density at radius 2 is 2.00 bits per heavy atom. The Hall–Kier alpha value is -3.22. The molecule has 2 N–H and O–H groups in total. The number of carbonyl (C=O) groups is 2. The molecule has 0 fully saturated rings. The van der Waals surface area contributed by atoms with Gasteiger partial charge in [-0.1, -0.05) is 30.3 Å². The normalized spacial score (nSPS) is 15.5. The second-order valence-corrected chi connectivity index (χ2v) is 6.65. The Kier molecular flexibility index (Phi) is 5.49. The van der Waals surface area contributed by atoms with Gasteiger partial charge in [-0.15, -0.1) is 0 Å². The van der Waals surface area contributed by atoms with Gasteiger partial charge in [-0.05, 0) is 43.4 Å². The minimum absolute atomic E-state index is 0.0557. The molecule has 0 radical (unpaired) electrons. The third kappa shape index (κ3) is 4.31. The number of aryl methyl sites for hydroxylation is 2. The molecule has 1 atom stereocenters. The van der Waals surface area contributed by atoms with Crippen molar-refractivity contribution >= 4 is 17.5 Å². The van der Waals surface area contributed by atoms with E-state index >= 15 is 0 Å². The summed E-state index contributed by atoms with van der Waals surface area (Å²) in [5.41, 5.74) is 2.88. The topological polar surface area (TPSA) is 101 Å². The van der Waals surface area contributed by atoms with Gasteiger partial charge in [0.1, 0.15) is 0 Å². The third-order valence-electron chi connectivity index (χ3n) is 4.78. The van der Waals surface area contributed by atoms with E-state index in [4.69, 9.17) is 0 Å². The number of nitro benzene ring substituents is 1. The lowest BCUT2D eigenvalue weighted by Gasteiger charge is -2.26. The molecule has 2 aromatic rings. The van der Waals surface area contributed by atoms with Gasteiger partial charge in [0.2, 0.25) is 5.91 Å². The number of nitrogens with zero attached hydrogens (tertiary/aromatic N) is 1. The first-order chi connectivity index (χ1) is 13.0. The molecule has 0 spiro atoms. The summed E-state index contributed by atoms with van der Waals surface area (Å²) in [6, 6.07) is 12.2. The van der Waals surface area contributed by atoms with Crippen LogP contribution in [0.5, 0.6) is 0 Å². The lowest BCUT2D eigenvalue weighted by molar-refractivity contribution is -0.385. The van der Waals surface area contributed by atoms with Gasteiger partial charge in [0.25, 0.3) is 11.6 Å². The van der Waals surface area contributed by atoms with Crippen LogP contribution in [0.1, 0.15) is 45.9 Å². The molecule has 2 amide bonds. The molecule has 1 aliphatic carbocycles. The molecule has 0 bridgehead atoms. The van der Waals surface area contributed by atoms with Crippen LogP contribution in [0.15, 0.2) is 42.5 Å². The summed E-state index contributed by atoms with van der Waals surface area (Å²) in [6.07, 6.45) is 2.87. The maximum Gasteiger partial charge on any atom is 0.273 e. The molecule has 140 valence electrons. The summed E-state index contributed by atoms with van der Waals surface area (Å²) < 4.78 is 0. The number of fused-ring (bicyclic) bond motifs is 1.